The smallest absolute Gasteiger partial charge is 0.193 e. The summed E-state index contributed by atoms with van der Waals surface area (Å²) >= 11 is 0. The molecule has 0 amide bonds. The zero-order chi connectivity index (χ0) is 13.8. The maximum Gasteiger partial charge on any atom is 0.193 e. The predicted octanol–water partition coefficient (Wildman–Crippen LogP) is 1.72. The molecule has 1 N–H and O–H groups in total. The first-order valence-corrected chi connectivity index (χ1v) is 7.74. The van der Waals surface area contributed by atoms with Gasteiger partial charge in [0.1, 0.15) is 0 Å². The summed E-state index contributed by atoms with van der Waals surface area (Å²) in [7, 11) is 1.89. The van der Waals surface area contributed by atoms with E-state index in [-0.39, 0.29) is 0 Å². The first-order chi connectivity index (χ1) is 9.81. The quantitative estimate of drug-likeness (QED) is 0.517. The molecule has 1 aromatic heterocycles. The van der Waals surface area contributed by atoms with E-state index >= 15 is 0 Å². The molecule has 1 aromatic rings. The van der Waals surface area contributed by atoms with Crippen LogP contribution in [0.25, 0.3) is 0 Å². The van der Waals surface area contributed by atoms with E-state index < -0.39 is 0 Å². The minimum atomic E-state index is 0.632. The molecule has 1 aliphatic carbocycles. The number of nitrogens with one attached hydrogen (secondary N) is 1. The Balaban J connectivity index is 1.41. The molecule has 0 radical (unpaired) electrons. The number of aliphatic imine (C=N–C) groups is 1. The SMILES string of the molecule is CN=C(NCCCn1cccn1)N1CCC2(CCC2)C1. The molecule has 1 saturated heterocycles. The third-order valence-electron chi connectivity index (χ3n) is 4.77. The van der Waals surface area contributed by atoms with Gasteiger partial charge in [0, 0.05) is 45.6 Å². The summed E-state index contributed by atoms with van der Waals surface area (Å²) in [6.07, 6.45) is 10.5. The van der Waals surface area contributed by atoms with Crippen LogP contribution in [0, 0.1) is 5.41 Å². The number of aryl methyl sites for hydroxylation is 1. The van der Waals surface area contributed by atoms with Crippen molar-refractivity contribution in [1.29, 1.82) is 0 Å². The van der Waals surface area contributed by atoms with Gasteiger partial charge in [-0.1, -0.05) is 6.42 Å². The number of nitrogens with zero attached hydrogens (tertiary/aromatic N) is 4. The number of hydrogen-bond donors (Lipinski definition) is 1. The van der Waals surface area contributed by atoms with Crippen LogP contribution in [0.2, 0.25) is 0 Å². The van der Waals surface area contributed by atoms with Gasteiger partial charge in [0.2, 0.25) is 0 Å². The summed E-state index contributed by atoms with van der Waals surface area (Å²) in [4.78, 5) is 6.88. The minimum Gasteiger partial charge on any atom is -0.356 e. The molecule has 0 unspecified atom stereocenters. The van der Waals surface area contributed by atoms with Gasteiger partial charge in [-0.25, -0.2) is 0 Å². The van der Waals surface area contributed by atoms with Crippen LogP contribution in [0.3, 0.4) is 0 Å². The maximum atomic E-state index is 4.44. The zero-order valence-electron chi connectivity index (χ0n) is 12.4. The van der Waals surface area contributed by atoms with E-state index in [0.29, 0.717) is 5.41 Å². The van der Waals surface area contributed by atoms with Crippen LogP contribution >= 0.6 is 0 Å². The van der Waals surface area contributed by atoms with E-state index in [1.165, 1.54) is 38.8 Å². The van der Waals surface area contributed by atoms with Crippen LogP contribution in [-0.4, -0.2) is 47.3 Å². The van der Waals surface area contributed by atoms with Crippen LogP contribution in [0.1, 0.15) is 32.1 Å². The molecular weight excluding hydrogens is 250 g/mol. The molecule has 3 rings (SSSR count). The van der Waals surface area contributed by atoms with E-state index in [0.717, 1.165) is 25.5 Å². The molecule has 0 atom stereocenters. The molecule has 5 nitrogen and oxygen atoms in total. The van der Waals surface area contributed by atoms with Crippen molar-refractivity contribution in [3.05, 3.63) is 18.5 Å². The van der Waals surface area contributed by atoms with Crippen LogP contribution in [-0.2, 0) is 6.54 Å². The minimum absolute atomic E-state index is 0.632. The van der Waals surface area contributed by atoms with Crippen molar-refractivity contribution in [2.75, 3.05) is 26.7 Å². The monoisotopic (exact) mass is 275 g/mol. The van der Waals surface area contributed by atoms with Crippen LogP contribution < -0.4 is 5.32 Å². The van der Waals surface area contributed by atoms with Crippen molar-refractivity contribution in [3.8, 4) is 0 Å². The standard InChI is InChI=1S/C15H25N5/c1-16-14(17-8-3-10-20-11-4-9-18-20)19-12-7-15(13-19)5-2-6-15/h4,9,11H,2-3,5-8,10,12-13H2,1H3,(H,16,17). The second-order valence-electron chi connectivity index (χ2n) is 6.12. The van der Waals surface area contributed by atoms with E-state index in [2.05, 4.69) is 20.3 Å². The first kappa shape index (κ1) is 13.5. The van der Waals surface area contributed by atoms with E-state index in [1.807, 2.05) is 30.2 Å². The lowest BCUT2D eigenvalue weighted by molar-refractivity contribution is 0.151. The van der Waals surface area contributed by atoms with Crippen molar-refractivity contribution in [3.63, 3.8) is 0 Å². The highest BCUT2D eigenvalue weighted by Gasteiger charge is 2.43. The summed E-state index contributed by atoms with van der Waals surface area (Å²) in [6.45, 7) is 4.28. The second kappa shape index (κ2) is 5.85. The van der Waals surface area contributed by atoms with Gasteiger partial charge in [-0.15, -0.1) is 0 Å². The van der Waals surface area contributed by atoms with Gasteiger partial charge in [0.15, 0.2) is 5.96 Å². The van der Waals surface area contributed by atoms with Gasteiger partial charge in [0.05, 0.1) is 0 Å². The molecular formula is C15H25N5. The van der Waals surface area contributed by atoms with Gasteiger partial charge < -0.3 is 10.2 Å². The average Bonchev–Trinajstić information content (AvgIpc) is 3.07. The van der Waals surface area contributed by atoms with E-state index in [4.69, 9.17) is 0 Å². The lowest BCUT2D eigenvalue weighted by Crippen LogP contribution is -2.42. The Bertz CT molecular complexity index is 447. The van der Waals surface area contributed by atoms with Gasteiger partial charge in [-0.3, -0.25) is 9.67 Å². The largest absolute Gasteiger partial charge is 0.356 e. The molecule has 2 fully saturated rings. The van der Waals surface area contributed by atoms with Gasteiger partial charge in [-0.05, 0) is 37.2 Å². The molecule has 20 heavy (non-hydrogen) atoms. The normalized spacial score (nSPS) is 21.2. The Morgan fingerprint density at radius 1 is 1.40 bits per heavy atom. The number of guanidine groups is 1. The van der Waals surface area contributed by atoms with Crippen LogP contribution in [0.5, 0.6) is 0 Å². The highest BCUT2D eigenvalue weighted by Crippen LogP contribution is 2.47. The number of aromatic nitrogens is 2. The highest BCUT2D eigenvalue weighted by molar-refractivity contribution is 5.80. The Morgan fingerprint density at radius 2 is 2.30 bits per heavy atom. The summed E-state index contributed by atoms with van der Waals surface area (Å²) in [6, 6.07) is 1.97. The summed E-state index contributed by atoms with van der Waals surface area (Å²) in [5, 5.41) is 7.71. The molecule has 2 aliphatic rings. The van der Waals surface area contributed by atoms with E-state index in [9.17, 15) is 0 Å². The van der Waals surface area contributed by atoms with Crippen molar-refractivity contribution in [2.24, 2.45) is 10.4 Å². The van der Waals surface area contributed by atoms with Gasteiger partial charge in [0.25, 0.3) is 0 Å². The van der Waals surface area contributed by atoms with E-state index in [1.54, 1.807) is 0 Å². The second-order valence-corrected chi connectivity index (χ2v) is 6.12. The zero-order valence-corrected chi connectivity index (χ0v) is 12.4. The fourth-order valence-corrected chi connectivity index (χ4v) is 3.41. The Labute approximate surface area is 121 Å². The van der Waals surface area contributed by atoms with Crippen LogP contribution in [0.15, 0.2) is 23.5 Å². The molecule has 110 valence electrons. The Kier molecular flexibility index (Phi) is 3.94. The molecule has 1 spiro atoms. The van der Waals surface area contributed by atoms with Crippen molar-refractivity contribution < 1.29 is 0 Å². The van der Waals surface area contributed by atoms with Crippen molar-refractivity contribution in [1.82, 2.24) is 20.0 Å². The molecule has 0 aromatic carbocycles. The molecule has 2 heterocycles. The number of hydrogen-bond acceptors (Lipinski definition) is 2. The third-order valence-corrected chi connectivity index (χ3v) is 4.77. The topological polar surface area (TPSA) is 45.5 Å². The van der Waals surface area contributed by atoms with Gasteiger partial charge in [-0.2, -0.15) is 5.10 Å². The summed E-state index contributed by atoms with van der Waals surface area (Å²) < 4.78 is 1.98. The summed E-state index contributed by atoms with van der Waals surface area (Å²) in [5.74, 6) is 1.08. The molecule has 5 heteroatoms. The fraction of sp³-hybridized carbons (Fsp3) is 0.733. The average molecular weight is 275 g/mol. The van der Waals surface area contributed by atoms with Crippen molar-refractivity contribution in [2.45, 2.75) is 38.6 Å². The predicted molar refractivity (Wildman–Crippen MR) is 80.7 cm³/mol. The Morgan fingerprint density at radius 3 is 2.90 bits per heavy atom. The lowest BCUT2D eigenvalue weighted by Gasteiger charge is -2.38. The number of likely N-dealkylation sites (tertiary alicyclic amines) is 1. The van der Waals surface area contributed by atoms with Crippen LogP contribution in [0.4, 0.5) is 0 Å². The lowest BCUT2D eigenvalue weighted by atomic mass is 9.68. The first-order valence-electron chi connectivity index (χ1n) is 7.74. The van der Waals surface area contributed by atoms with Crippen molar-refractivity contribution >= 4 is 5.96 Å². The van der Waals surface area contributed by atoms with Gasteiger partial charge >= 0.3 is 0 Å². The Hall–Kier alpha value is -1.52. The molecule has 1 saturated carbocycles. The molecule has 1 aliphatic heterocycles. The maximum absolute atomic E-state index is 4.44. The highest BCUT2D eigenvalue weighted by atomic mass is 15.3. The summed E-state index contributed by atoms with van der Waals surface area (Å²) in [5.41, 5.74) is 0.632. The fourth-order valence-electron chi connectivity index (χ4n) is 3.41. The molecule has 0 bridgehead atoms. The third kappa shape index (κ3) is 2.81. The number of rotatable bonds is 4.